The van der Waals surface area contributed by atoms with Crippen LogP contribution in [0.15, 0.2) is 18.2 Å². The normalized spacial score (nSPS) is 11.6. The number of carbonyl (C=O) groups excluding carboxylic acids is 1. The minimum Gasteiger partial charge on any atom is -0.325 e. The highest BCUT2D eigenvalue weighted by Crippen LogP contribution is 2.15. The summed E-state index contributed by atoms with van der Waals surface area (Å²) in [5.74, 6) is -3.28. The van der Waals surface area contributed by atoms with Gasteiger partial charge in [-0.25, -0.2) is 8.78 Å². The molecule has 0 radical (unpaired) electrons. The molecule has 0 aliphatic heterocycles. The van der Waals surface area contributed by atoms with Crippen molar-refractivity contribution < 1.29 is 13.6 Å². The van der Waals surface area contributed by atoms with Crippen molar-refractivity contribution in [1.82, 2.24) is 0 Å². The Balaban J connectivity index is 2.74. The van der Waals surface area contributed by atoms with E-state index in [9.17, 15) is 13.6 Å². The van der Waals surface area contributed by atoms with Crippen LogP contribution in [0.3, 0.4) is 0 Å². The van der Waals surface area contributed by atoms with Crippen LogP contribution in [0.5, 0.6) is 0 Å². The van der Waals surface area contributed by atoms with E-state index in [-0.39, 0.29) is 5.69 Å². The monoisotopic (exact) mass is 238 g/mol. The number of hydrogen-bond acceptors (Lipinski definition) is 2. The molecular weight excluding hydrogens is 226 g/mol. The summed E-state index contributed by atoms with van der Waals surface area (Å²) in [5.41, 5.74) is 0.144. The van der Waals surface area contributed by atoms with Gasteiger partial charge < -0.3 is 5.32 Å². The number of nitriles is 1. The minimum absolute atomic E-state index is 0.144. The molecule has 1 N–H and O–H groups in total. The lowest BCUT2D eigenvalue weighted by Crippen LogP contribution is -2.21. The summed E-state index contributed by atoms with van der Waals surface area (Å²) < 4.78 is 25.5. The first kappa shape index (κ1) is 13.1. The van der Waals surface area contributed by atoms with Crippen LogP contribution < -0.4 is 5.32 Å². The third-order valence-electron chi connectivity index (χ3n) is 2.24. The summed E-state index contributed by atoms with van der Waals surface area (Å²) in [7, 11) is 0. The topological polar surface area (TPSA) is 52.9 Å². The zero-order chi connectivity index (χ0) is 12.8. The standard InChI is InChI=1S/C12H12F2N2O/c1-2-3-8(7-15)12(17)16-9-4-5-10(13)11(14)6-9/h4-6,8H,2-3H2,1H3,(H,16,17). The van der Waals surface area contributed by atoms with Gasteiger partial charge in [0, 0.05) is 11.8 Å². The van der Waals surface area contributed by atoms with Crippen LogP contribution in [0, 0.1) is 28.9 Å². The predicted molar refractivity (Wildman–Crippen MR) is 59.0 cm³/mol. The zero-order valence-electron chi connectivity index (χ0n) is 9.34. The van der Waals surface area contributed by atoms with Crippen LogP contribution in [-0.2, 0) is 4.79 Å². The second kappa shape index (κ2) is 5.94. The third kappa shape index (κ3) is 3.52. The van der Waals surface area contributed by atoms with Crippen LogP contribution in [0.4, 0.5) is 14.5 Å². The third-order valence-corrected chi connectivity index (χ3v) is 2.24. The molecule has 1 aromatic carbocycles. The lowest BCUT2D eigenvalue weighted by atomic mass is 10.0. The van der Waals surface area contributed by atoms with E-state index in [0.717, 1.165) is 12.1 Å². The molecule has 0 saturated carbocycles. The fourth-order valence-electron chi connectivity index (χ4n) is 1.35. The van der Waals surface area contributed by atoms with Gasteiger partial charge in [0.05, 0.1) is 6.07 Å². The first-order valence-electron chi connectivity index (χ1n) is 5.24. The molecule has 5 heteroatoms. The zero-order valence-corrected chi connectivity index (χ0v) is 9.34. The van der Waals surface area contributed by atoms with Gasteiger partial charge in [0.1, 0.15) is 5.92 Å². The first-order valence-corrected chi connectivity index (χ1v) is 5.24. The van der Waals surface area contributed by atoms with Gasteiger partial charge in [0.25, 0.3) is 0 Å². The average Bonchev–Trinajstić information content (AvgIpc) is 2.30. The van der Waals surface area contributed by atoms with Gasteiger partial charge in [-0.05, 0) is 18.6 Å². The minimum atomic E-state index is -1.04. The Hall–Kier alpha value is -1.96. The number of halogens is 2. The number of rotatable bonds is 4. The number of anilines is 1. The molecule has 90 valence electrons. The molecule has 0 saturated heterocycles. The predicted octanol–water partition coefficient (Wildman–Crippen LogP) is 2.84. The molecule has 1 aromatic rings. The van der Waals surface area contributed by atoms with Crippen molar-refractivity contribution in [2.45, 2.75) is 19.8 Å². The molecule has 0 heterocycles. The lowest BCUT2D eigenvalue weighted by Gasteiger charge is -2.09. The number of carbonyl (C=O) groups is 1. The summed E-state index contributed by atoms with van der Waals surface area (Å²) in [6, 6.07) is 4.92. The van der Waals surface area contributed by atoms with Crippen LogP contribution in [-0.4, -0.2) is 5.91 Å². The molecule has 1 rings (SSSR count). The Bertz CT molecular complexity index is 454. The van der Waals surface area contributed by atoms with Gasteiger partial charge in [0.2, 0.25) is 5.91 Å². The second-order valence-corrected chi connectivity index (χ2v) is 3.59. The summed E-state index contributed by atoms with van der Waals surface area (Å²) >= 11 is 0. The van der Waals surface area contributed by atoms with Crippen LogP contribution >= 0.6 is 0 Å². The van der Waals surface area contributed by atoms with Crippen molar-refractivity contribution in [2.75, 3.05) is 5.32 Å². The highest BCUT2D eigenvalue weighted by Gasteiger charge is 2.17. The van der Waals surface area contributed by atoms with E-state index in [4.69, 9.17) is 5.26 Å². The maximum Gasteiger partial charge on any atom is 0.241 e. The van der Waals surface area contributed by atoms with Gasteiger partial charge in [-0.3, -0.25) is 4.79 Å². The fraction of sp³-hybridized carbons (Fsp3) is 0.333. The number of nitrogens with one attached hydrogen (secondary N) is 1. The van der Waals surface area contributed by atoms with Gasteiger partial charge in [-0.1, -0.05) is 13.3 Å². The smallest absolute Gasteiger partial charge is 0.241 e. The van der Waals surface area contributed by atoms with E-state index in [1.165, 1.54) is 6.07 Å². The molecule has 0 aromatic heterocycles. The SMILES string of the molecule is CCCC(C#N)C(=O)Nc1ccc(F)c(F)c1. The molecule has 1 unspecified atom stereocenters. The van der Waals surface area contributed by atoms with Crippen molar-refractivity contribution in [1.29, 1.82) is 5.26 Å². The van der Waals surface area contributed by atoms with E-state index >= 15 is 0 Å². The van der Waals surface area contributed by atoms with Crippen molar-refractivity contribution >= 4 is 11.6 Å². The van der Waals surface area contributed by atoms with Crippen LogP contribution in [0.2, 0.25) is 0 Å². The largest absolute Gasteiger partial charge is 0.325 e. The molecule has 0 spiro atoms. The Labute approximate surface area is 98.1 Å². The van der Waals surface area contributed by atoms with Crippen molar-refractivity contribution in [2.24, 2.45) is 5.92 Å². The van der Waals surface area contributed by atoms with E-state index in [2.05, 4.69) is 5.32 Å². The fourth-order valence-corrected chi connectivity index (χ4v) is 1.35. The molecule has 17 heavy (non-hydrogen) atoms. The van der Waals surface area contributed by atoms with E-state index in [0.29, 0.717) is 12.8 Å². The van der Waals surface area contributed by atoms with Gasteiger partial charge >= 0.3 is 0 Å². The maximum absolute atomic E-state index is 12.9. The quantitative estimate of drug-likeness (QED) is 0.876. The highest BCUT2D eigenvalue weighted by atomic mass is 19.2. The van der Waals surface area contributed by atoms with Gasteiger partial charge in [-0.15, -0.1) is 0 Å². The molecule has 0 bridgehead atoms. The van der Waals surface area contributed by atoms with E-state index in [1.54, 1.807) is 0 Å². The lowest BCUT2D eigenvalue weighted by molar-refractivity contribution is -0.118. The average molecular weight is 238 g/mol. The van der Waals surface area contributed by atoms with Crippen molar-refractivity contribution in [3.63, 3.8) is 0 Å². The van der Waals surface area contributed by atoms with E-state index in [1.807, 2.05) is 13.0 Å². The molecule has 1 amide bonds. The van der Waals surface area contributed by atoms with Gasteiger partial charge in [-0.2, -0.15) is 5.26 Å². The van der Waals surface area contributed by atoms with Crippen LogP contribution in [0.25, 0.3) is 0 Å². The Morgan fingerprint density at radius 3 is 2.71 bits per heavy atom. The summed E-state index contributed by atoms with van der Waals surface area (Å²) in [5, 5.41) is 11.1. The molecule has 0 aliphatic rings. The summed E-state index contributed by atoms with van der Waals surface area (Å²) in [6.45, 7) is 1.86. The highest BCUT2D eigenvalue weighted by molar-refractivity contribution is 5.94. The molecular formula is C12H12F2N2O. The maximum atomic E-state index is 12.9. The summed E-state index contributed by atoms with van der Waals surface area (Å²) in [6.07, 6.45) is 1.13. The Morgan fingerprint density at radius 1 is 1.47 bits per heavy atom. The van der Waals surface area contributed by atoms with Crippen molar-refractivity contribution in [3.05, 3.63) is 29.8 Å². The summed E-state index contributed by atoms with van der Waals surface area (Å²) in [4.78, 5) is 11.6. The second-order valence-electron chi connectivity index (χ2n) is 3.59. The Kier molecular flexibility index (Phi) is 4.58. The number of hydrogen-bond donors (Lipinski definition) is 1. The molecule has 0 fully saturated rings. The number of benzene rings is 1. The Morgan fingerprint density at radius 2 is 2.18 bits per heavy atom. The molecule has 1 atom stereocenters. The number of nitrogens with zero attached hydrogens (tertiary/aromatic N) is 1. The van der Waals surface area contributed by atoms with E-state index < -0.39 is 23.5 Å². The molecule has 3 nitrogen and oxygen atoms in total. The molecule has 0 aliphatic carbocycles. The van der Waals surface area contributed by atoms with Gasteiger partial charge in [0.15, 0.2) is 11.6 Å². The number of amides is 1. The van der Waals surface area contributed by atoms with Crippen LogP contribution in [0.1, 0.15) is 19.8 Å². The van der Waals surface area contributed by atoms with Crippen molar-refractivity contribution in [3.8, 4) is 6.07 Å². The first-order chi connectivity index (χ1) is 8.08.